The van der Waals surface area contributed by atoms with Gasteiger partial charge in [0.1, 0.15) is 0 Å². The molecule has 23 heavy (non-hydrogen) atoms. The number of nitrogens with one attached hydrogen (secondary N) is 1. The highest BCUT2D eigenvalue weighted by Gasteiger charge is 2.15. The average Bonchev–Trinajstić information content (AvgIpc) is 2.53. The summed E-state index contributed by atoms with van der Waals surface area (Å²) in [6.07, 6.45) is 0. The summed E-state index contributed by atoms with van der Waals surface area (Å²) >= 11 is 4.69. The molecule has 0 saturated carbocycles. The summed E-state index contributed by atoms with van der Waals surface area (Å²) in [6, 6.07) is 14.9. The SMILES string of the molecule is CC(NC(=O)c1ccccc1SCC(N)=O)c1cccc(Br)c1. The number of halogens is 1. The standard InChI is InChI=1S/C17H17BrN2O2S/c1-11(12-5-4-6-13(18)9-12)20-17(22)14-7-2-3-8-15(14)23-10-16(19)21/h2-9,11H,10H2,1H3,(H2,19,21)(H,20,22). The Hall–Kier alpha value is -1.79. The van der Waals surface area contributed by atoms with Gasteiger partial charge in [-0.15, -0.1) is 11.8 Å². The van der Waals surface area contributed by atoms with E-state index in [4.69, 9.17) is 5.73 Å². The van der Waals surface area contributed by atoms with Crippen molar-refractivity contribution in [3.05, 3.63) is 64.1 Å². The van der Waals surface area contributed by atoms with Crippen LogP contribution in [0.3, 0.4) is 0 Å². The van der Waals surface area contributed by atoms with Crippen LogP contribution in [0.2, 0.25) is 0 Å². The van der Waals surface area contributed by atoms with Crippen LogP contribution in [0, 0.1) is 0 Å². The molecule has 0 saturated heterocycles. The first-order chi connectivity index (χ1) is 11.0. The van der Waals surface area contributed by atoms with Crippen molar-refractivity contribution in [2.45, 2.75) is 17.9 Å². The Kier molecular flexibility index (Phi) is 6.24. The van der Waals surface area contributed by atoms with E-state index in [0.717, 1.165) is 14.9 Å². The lowest BCUT2D eigenvalue weighted by atomic mass is 10.1. The van der Waals surface area contributed by atoms with E-state index in [1.165, 1.54) is 11.8 Å². The highest BCUT2D eigenvalue weighted by atomic mass is 79.9. The molecular weight excluding hydrogens is 376 g/mol. The van der Waals surface area contributed by atoms with Crippen molar-refractivity contribution >= 4 is 39.5 Å². The lowest BCUT2D eigenvalue weighted by molar-refractivity contribution is -0.115. The Bertz CT molecular complexity index is 721. The van der Waals surface area contributed by atoms with E-state index in [0.29, 0.717) is 5.56 Å². The topological polar surface area (TPSA) is 72.2 Å². The molecule has 0 aliphatic rings. The Morgan fingerprint density at radius 2 is 1.96 bits per heavy atom. The van der Waals surface area contributed by atoms with Crippen molar-refractivity contribution in [2.75, 3.05) is 5.75 Å². The van der Waals surface area contributed by atoms with E-state index in [9.17, 15) is 9.59 Å². The average molecular weight is 393 g/mol. The largest absolute Gasteiger partial charge is 0.369 e. The molecule has 0 radical (unpaired) electrons. The second-order valence-corrected chi connectivity index (χ2v) is 6.93. The fourth-order valence-electron chi connectivity index (χ4n) is 2.06. The van der Waals surface area contributed by atoms with Gasteiger partial charge in [0.2, 0.25) is 5.91 Å². The van der Waals surface area contributed by atoms with Gasteiger partial charge in [0.05, 0.1) is 17.4 Å². The van der Waals surface area contributed by atoms with Crippen LogP contribution < -0.4 is 11.1 Å². The van der Waals surface area contributed by atoms with Crippen LogP contribution in [0.15, 0.2) is 57.9 Å². The number of rotatable bonds is 6. The Morgan fingerprint density at radius 3 is 2.65 bits per heavy atom. The van der Waals surface area contributed by atoms with Gasteiger partial charge in [-0.05, 0) is 36.8 Å². The number of carbonyl (C=O) groups excluding carboxylic acids is 2. The maximum Gasteiger partial charge on any atom is 0.252 e. The third-order valence-electron chi connectivity index (χ3n) is 3.20. The zero-order chi connectivity index (χ0) is 16.8. The van der Waals surface area contributed by atoms with Crippen LogP contribution >= 0.6 is 27.7 Å². The van der Waals surface area contributed by atoms with Crippen molar-refractivity contribution in [3.8, 4) is 0 Å². The van der Waals surface area contributed by atoms with E-state index in [2.05, 4.69) is 21.2 Å². The second-order valence-electron chi connectivity index (χ2n) is 5.00. The summed E-state index contributed by atoms with van der Waals surface area (Å²) in [5, 5.41) is 2.98. The molecule has 0 spiro atoms. The first-order valence-electron chi connectivity index (χ1n) is 7.04. The van der Waals surface area contributed by atoms with E-state index >= 15 is 0 Å². The van der Waals surface area contributed by atoms with Crippen molar-refractivity contribution in [1.82, 2.24) is 5.32 Å². The Morgan fingerprint density at radius 1 is 1.22 bits per heavy atom. The molecule has 6 heteroatoms. The number of benzene rings is 2. The molecule has 0 fully saturated rings. The summed E-state index contributed by atoms with van der Waals surface area (Å²) in [7, 11) is 0. The number of hydrogen-bond acceptors (Lipinski definition) is 3. The van der Waals surface area contributed by atoms with E-state index in [1.807, 2.05) is 43.3 Å². The first-order valence-corrected chi connectivity index (χ1v) is 8.81. The quantitative estimate of drug-likeness (QED) is 0.738. The van der Waals surface area contributed by atoms with Gasteiger partial charge in [-0.1, -0.05) is 40.2 Å². The fraction of sp³-hybridized carbons (Fsp3) is 0.176. The van der Waals surface area contributed by atoms with Crippen LogP contribution in [-0.2, 0) is 4.79 Å². The molecule has 1 atom stereocenters. The molecule has 2 rings (SSSR count). The van der Waals surface area contributed by atoms with Crippen LogP contribution in [0.25, 0.3) is 0 Å². The third kappa shape index (κ3) is 5.11. The molecule has 3 N–H and O–H groups in total. The van der Waals surface area contributed by atoms with Crippen LogP contribution in [-0.4, -0.2) is 17.6 Å². The molecule has 2 aromatic carbocycles. The minimum absolute atomic E-state index is 0.130. The van der Waals surface area contributed by atoms with Gasteiger partial charge in [0.25, 0.3) is 5.91 Å². The highest BCUT2D eigenvalue weighted by molar-refractivity contribution is 9.10. The summed E-state index contributed by atoms with van der Waals surface area (Å²) in [5.41, 5.74) is 6.72. The number of carbonyl (C=O) groups is 2. The van der Waals surface area contributed by atoms with Crippen molar-refractivity contribution < 1.29 is 9.59 Å². The monoisotopic (exact) mass is 392 g/mol. The van der Waals surface area contributed by atoms with Gasteiger partial charge in [0.15, 0.2) is 0 Å². The molecule has 1 unspecified atom stereocenters. The zero-order valence-corrected chi connectivity index (χ0v) is 15.0. The summed E-state index contributed by atoms with van der Waals surface area (Å²) < 4.78 is 0.966. The molecule has 0 aromatic heterocycles. The summed E-state index contributed by atoms with van der Waals surface area (Å²) in [5.74, 6) is -0.441. The predicted molar refractivity (Wildman–Crippen MR) is 96.4 cm³/mol. The van der Waals surface area contributed by atoms with Gasteiger partial charge in [-0.25, -0.2) is 0 Å². The second kappa shape index (κ2) is 8.17. The van der Waals surface area contributed by atoms with Crippen LogP contribution in [0.4, 0.5) is 0 Å². The van der Waals surface area contributed by atoms with Gasteiger partial charge < -0.3 is 11.1 Å². The number of amides is 2. The molecule has 0 bridgehead atoms. The van der Waals surface area contributed by atoms with Gasteiger partial charge >= 0.3 is 0 Å². The van der Waals surface area contributed by atoms with Crippen molar-refractivity contribution in [1.29, 1.82) is 0 Å². The lowest BCUT2D eigenvalue weighted by Gasteiger charge is -2.16. The van der Waals surface area contributed by atoms with E-state index in [-0.39, 0.29) is 17.7 Å². The molecule has 0 aliphatic carbocycles. The molecule has 2 aromatic rings. The fourth-order valence-corrected chi connectivity index (χ4v) is 3.27. The number of thioether (sulfide) groups is 1. The number of primary amides is 1. The van der Waals surface area contributed by atoms with Gasteiger partial charge in [0, 0.05) is 9.37 Å². The third-order valence-corrected chi connectivity index (χ3v) is 4.79. The zero-order valence-electron chi connectivity index (χ0n) is 12.6. The smallest absolute Gasteiger partial charge is 0.252 e. The maximum absolute atomic E-state index is 12.5. The Balaban J connectivity index is 2.12. The number of nitrogens with two attached hydrogens (primary N) is 1. The molecule has 120 valence electrons. The Labute approximate surface area is 148 Å². The molecule has 4 nitrogen and oxygen atoms in total. The first kappa shape index (κ1) is 17.6. The normalized spacial score (nSPS) is 11.7. The summed E-state index contributed by atoms with van der Waals surface area (Å²) in [6.45, 7) is 1.93. The maximum atomic E-state index is 12.5. The molecular formula is C17H17BrN2O2S. The van der Waals surface area contributed by atoms with E-state index < -0.39 is 5.91 Å². The number of hydrogen-bond donors (Lipinski definition) is 2. The predicted octanol–water partition coefficient (Wildman–Crippen LogP) is 3.52. The summed E-state index contributed by atoms with van der Waals surface area (Å²) in [4.78, 5) is 24.2. The van der Waals surface area contributed by atoms with E-state index in [1.54, 1.807) is 12.1 Å². The highest BCUT2D eigenvalue weighted by Crippen LogP contribution is 2.24. The molecule has 0 heterocycles. The van der Waals surface area contributed by atoms with Crippen LogP contribution in [0.5, 0.6) is 0 Å². The minimum atomic E-state index is -0.410. The molecule has 0 aliphatic heterocycles. The molecule has 2 amide bonds. The van der Waals surface area contributed by atoms with Gasteiger partial charge in [-0.2, -0.15) is 0 Å². The van der Waals surface area contributed by atoms with Crippen LogP contribution in [0.1, 0.15) is 28.9 Å². The van der Waals surface area contributed by atoms with Crippen molar-refractivity contribution in [3.63, 3.8) is 0 Å². The van der Waals surface area contributed by atoms with Gasteiger partial charge in [-0.3, -0.25) is 9.59 Å². The lowest BCUT2D eigenvalue weighted by Crippen LogP contribution is -2.27. The minimum Gasteiger partial charge on any atom is -0.369 e. The van der Waals surface area contributed by atoms with Crippen molar-refractivity contribution in [2.24, 2.45) is 5.73 Å².